The molecule has 9 heteroatoms. The zero-order valence-electron chi connectivity index (χ0n) is 16.9. The van der Waals surface area contributed by atoms with Crippen molar-refractivity contribution in [2.75, 3.05) is 18.8 Å². The SMILES string of the molecule is Cc1ccc(Oc2ccc(-c3nn([C@@H]4CCN(C#N)C4)c4ncnc(N)c34)cc2)nc1. The molecule has 0 radical (unpaired) electrons. The number of nitrogens with two attached hydrogens (primary N) is 1. The predicted octanol–water partition coefficient (Wildman–Crippen LogP) is 3.30. The van der Waals surface area contributed by atoms with Crippen LogP contribution in [0.3, 0.4) is 0 Å². The second-order valence-corrected chi connectivity index (χ2v) is 7.54. The maximum absolute atomic E-state index is 9.20. The fourth-order valence-electron chi connectivity index (χ4n) is 3.80. The summed E-state index contributed by atoms with van der Waals surface area (Å²) in [6.45, 7) is 3.29. The van der Waals surface area contributed by atoms with Gasteiger partial charge in [0.2, 0.25) is 5.88 Å². The molecule has 0 unspecified atom stereocenters. The fraction of sp³-hybridized carbons (Fsp3) is 0.227. The van der Waals surface area contributed by atoms with Crippen molar-refractivity contribution in [1.82, 2.24) is 29.6 Å². The summed E-state index contributed by atoms with van der Waals surface area (Å²) in [6, 6.07) is 11.4. The number of nitrogens with zero attached hydrogens (tertiary/aromatic N) is 7. The van der Waals surface area contributed by atoms with Gasteiger partial charge in [-0.15, -0.1) is 0 Å². The molecule has 4 aromatic rings. The molecule has 9 nitrogen and oxygen atoms in total. The van der Waals surface area contributed by atoms with E-state index in [2.05, 4.69) is 21.1 Å². The van der Waals surface area contributed by atoms with Gasteiger partial charge in [-0.1, -0.05) is 6.07 Å². The highest BCUT2D eigenvalue weighted by molar-refractivity contribution is 5.98. The van der Waals surface area contributed by atoms with Crippen LogP contribution >= 0.6 is 0 Å². The van der Waals surface area contributed by atoms with Gasteiger partial charge in [0, 0.05) is 24.4 Å². The van der Waals surface area contributed by atoms with Crippen LogP contribution in [-0.2, 0) is 0 Å². The van der Waals surface area contributed by atoms with Gasteiger partial charge in [0.1, 0.15) is 23.6 Å². The Balaban J connectivity index is 1.50. The van der Waals surface area contributed by atoms with Gasteiger partial charge in [-0.05, 0) is 43.2 Å². The van der Waals surface area contributed by atoms with Crippen LogP contribution in [0.25, 0.3) is 22.3 Å². The molecular formula is C22H20N8O. The number of pyridine rings is 1. The van der Waals surface area contributed by atoms with Gasteiger partial charge >= 0.3 is 0 Å². The molecule has 0 bridgehead atoms. The van der Waals surface area contributed by atoms with Crippen molar-refractivity contribution in [3.05, 3.63) is 54.5 Å². The van der Waals surface area contributed by atoms with E-state index in [1.807, 2.05) is 48.0 Å². The largest absolute Gasteiger partial charge is 0.439 e. The molecule has 4 heterocycles. The summed E-state index contributed by atoms with van der Waals surface area (Å²) in [5.41, 5.74) is 9.55. The van der Waals surface area contributed by atoms with Crippen LogP contribution < -0.4 is 10.5 Å². The normalized spacial score (nSPS) is 15.9. The van der Waals surface area contributed by atoms with E-state index in [-0.39, 0.29) is 6.04 Å². The van der Waals surface area contributed by atoms with Gasteiger partial charge in [0.25, 0.3) is 0 Å². The van der Waals surface area contributed by atoms with Crippen molar-refractivity contribution in [3.63, 3.8) is 0 Å². The van der Waals surface area contributed by atoms with E-state index in [1.165, 1.54) is 6.33 Å². The highest BCUT2D eigenvalue weighted by Crippen LogP contribution is 2.34. The molecule has 0 saturated carbocycles. The Labute approximate surface area is 178 Å². The third-order valence-electron chi connectivity index (χ3n) is 5.40. The summed E-state index contributed by atoms with van der Waals surface area (Å²) >= 11 is 0. The summed E-state index contributed by atoms with van der Waals surface area (Å²) in [6.07, 6.45) is 6.24. The van der Waals surface area contributed by atoms with Gasteiger partial charge in [-0.25, -0.2) is 19.6 Å². The third-order valence-corrected chi connectivity index (χ3v) is 5.40. The molecule has 1 fully saturated rings. The summed E-state index contributed by atoms with van der Waals surface area (Å²) in [4.78, 5) is 14.6. The summed E-state index contributed by atoms with van der Waals surface area (Å²) in [7, 11) is 0. The van der Waals surface area contributed by atoms with Crippen molar-refractivity contribution in [3.8, 4) is 29.1 Å². The van der Waals surface area contributed by atoms with Crippen LogP contribution in [0, 0.1) is 18.4 Å². The van der Waals surface area contributed by atoms with Gasteiger partial charge < -0.3 is 15.4 Å². The minimum atomic E-state index is 0.0559. The molecule has 3 aromatic heterocycles. The average molecular weight is 412 g/mol. The van der Waals surface area contributed by atoms with Gasteiger partial charge in [-0.3, -0.25) is 0 Å². The van der Waals surface area contributed by atoms with Crippen molar-refractivity contribution >= 4 is 16.9 Å². The Hall–Kier alpha value is -4.19. The quantitative estimate of drug-likeness (QED) is 0.507. The number of likely N-dealkylation sites (tertiary alicyclic amines) is 1. The molecule has 0 spiro atoms. The maximum atomic E-state index is 9.20. The number of nitrogen functional groups attached to an aromatic ring is 1. The van der Waals surface area contributed by atoms with Gasteiger partial charge in [-0.2, -0.15) is 10.4 Å². The molecule has 1 atom stereocenters. The number of rotatable bonds is 4. The molecular weight excluding hydrogens is 392 g/mol. The molecule has 154 valence electrons. The van der Waals surface area contributed by atoms with E-state index in [9.17, 15) is 5.26 Å². The van der Waals surface area contributed by atoms with Crippen molar-refractivity contribution in [2.45, 2.75) is 19.4 Å². The first-order chi connectivity index (χ1) is 15.1. The number of aryl methyl sites for hydroxylation is 1. The van der Waals surface area contributed by atoms with E-state index in [0.29, 0.717) is 47.3 Å². The molecule has 5 rings (SSSR count). The fourth-order valence-corrected chi connectivity index (χ4v) is 3.80. The Morgan fingerprint density at radius 1 is 1.13 bits per heavy atom. The Morgan fingerprint density at radius 2 is 1.97 bits per heavy atom. The van der Waals surface area contributed by atoms with Crippen molar-refractivity contribution in [2.24, 2.45) is 0 Å². The standard InChI is InChI=1S/C22H20N8O/c1-14-2-7-18(25-10-14)31-17-5-3-15(4-6-17)20-19-21(24)26-13-27-22(19)30(28-20)16-8-9-29(11-16)12-23/h2-7,10,13,16H,8-9,11H2,1H3,(H2,24,26,27)/t16-/m1/s1. The lowest BCUT2D eigenvalue weighted by Crippen LogP contribution is -2.17. The van der Waals surface area contributed by atoms with E-state index < -0.39 is 0 Å². The molecule has 31 heavy (non-hydrogen) atoms. The minimum Gasteiger partial charge on any atom is -0.439 e. The van der Waals surface area contributed by atoms with Crippen LogP contribution in [0.4, 0.5) is 5.82 Å². The highest BCUT2D eigenvalue weighted by Gasteiger charge is 2.28. The van der Waals surface area contributed by atoms with Crippen LogP contribution in [0.1, 0.15) is 18.0 Å². The first-order valence-electron chi connectivity index (χ1n) is 9.96. The van der Waals surface area contributed by atoms with E-state index >= 15 is 0 Å². The van der Waals surface area contributed by atoms with Crippen LogP contribution in [0.15, 0.2) is 48.9 Å². The summed E-state index contributed by atoms with van der Waals surface area (Å²) < 4.78 is 7.70. The molecule has 1 saturated heterocycles. The number of hydrogen-bond acceptors (Lipinski definition) is 8. The molecule has 1 aliphatic heterocycles. The van der Waals surface area contributed by atoms with Crippen LogP contribution in [-0.4, -0.2) is 42.7 Å². The minimum absolute atomic E-state index is 0.0559. The van der Waals surface area contributed by atoms with Gasteiger partial charge in [0.15, 0.2) is 11.8 Å². The van der Waals surface area contributed by atoms with E-state index in [4.69, 9.17) is 15.6 Å². The molecule has 1 aromatic carbocycles. The Morgan fingerprint density at radius 3 is 2.68 bits per heavy atom. The Bertz CT molecular complexity index is 1270. The smallest absolute Gasteiger partial charge is 0.219 e. The first kappa shape index (κ1) is 18.8. The topological polar surface area (TPSA) is 119 Å². The lowest BCUT2D eigenvalue weighted by molar-refractivity contribution is 0.433. The Kier molecular flexibility index (Phi) is 4.59. The van der Waals surface area contributed by atoms with Crippen LogP contribution in [0.2, 0.25) is 0 Å². The van der Waals surface area contributed by atoms with Crippen molar-refractivity contribution < 1.29 is 4.74 Å². The number of ether oxygens (including phenoxy) is 1. The number of benzene rings is 1. The average Bonchev–Trinajstić information content (AvgIpc) is 3.41. The molecule has 0 amide bonds. The monoisotopic (exact) mass is 412 g/mol. The maximum Gasteiger partial charge on any atom is 0.219 e. The predicted molar refractivity (Wildman–Crippen MR) is 115 cm³/mol. The number of nitriles is 1. The number of fused-ring (bicyclic) bond motifs is 1. The second kappa shape index (κ2) is 7.57. The zero-order valence-corrected chi connectivity index (χ0v) is 16.9. The number of aromatic nitrogens is 5. The zero-order chi connectivity index (χ0) is 21.4. The lowest BCUT2D eigenvalue weighted by Gasteiger charge is -2.11. The number of hydrogen-bond donors (Lipinski definition) is 1. The molecule has 1 aliphatic rings. The first-order valence-corrected chi connectivity index (χ1v) is 9.96. The third kappa shape index (κ3) is 3.48. The second-order valence-electron chi connectivity index (χ2n) is 7.54. The van der Waals surface area contributed by atoms with Gasteiger partial charge in [0.05, 0.1) is 18.0 Å². The van der Waals surface area contributed by atoms with E-state index in [1.54, 1.807) is 11.1 Å². The van der Waals surface area contributed by atoms with Crippen molar-refractivity contribution in [1.29, 1.82) is 5.26 Å². The summed E-state index contributed by atoms with van der Waals surface area (Å²) in [5, 5.41) is 14.8. The summed E-state index contributed by atoms with van der Waals surface area (Å²) in [5.74, 6) is 1.59. The molecule has 2 N–H and O–H groups in total. The highest BCUT2D eigenvalue weighted by atomic mass is 16.5. The molecule has 0 aliphatic carbocycles. The van der Waals surface area contributed by atoms with Crippen LogP contribution in [0.5, 0.6) is 11.6 Å². The number of anilines is 1. The van der Waals surface area contributed by atoms with E-state index in [0.717, 1.165) is 17.5 Å². The lowest BCUT2D eigenvalue weighted by atomic mass is 10.1.